The lowest BCUT2D eigenvalue weighted by Gasteiger charge is -2.04. The maximum absolute atomic E-state index is 10.5. The Balaban J connectivity index is 1.92. The summed E-state index contributed by atoms with van der Waals surface area (Å²) in [7, 11) is 0. The molecule has 0 unspecified atom stereocenters. The van der Waals surface area contributed by atoms with Gasteiger partial charge in [0, 0.05) is 30.7 Å². The third-order valence-corrected chi connectivity index (χ3v) is 3.72. The molecule has 0 fully saturated rings. The lowest BCUT2D eigenvalue weighted by atomic mass is 10.3. The summed E-state index contributed by atoms with van der Waals surface area (Å²) >= 11 is 2.81. The number of thioether (sulfide) groups is 1. The predicted octanol–water partition coefficient (Wildman–Crippen LogP) is 1.76. The molecule has 7 heteroatoms. The number of hydrogen-bond donors (Lipinski definition) is 1. The van der Waals surface area contributed by atoms with Gasteiger partial charge in [0.15, 0.2) is 5.16 Å². The molecule has 2 aromatic rings. The number of imidazole rings is 1. The Morgan fingerprint density at radius 2 is 2.41 bits per heavy atom. The van der Waals surface area contributed by atoms with Crippen LogP contribution >= 0.6 is 23.1 Å². The van der Waals surface area contributed by atoms with E-state index in [1.54, 1.807) is 17.5 Å². The molecule has 0 saturated heterocycles. The van der Waals surface area contributed by atoms with Gasteiger partial charge >= 0.3 is 5.97 Å². The molecule has 0 aliphatic heterocycles. The van der Waals surface area contributed by atoms with Crippen LogP contribution in [-0.2, 0) is 17.8 Å². The molecular weight excluding hydrogens is 258 g/mol. The summed E-state index contributed by atoms with van der Waals surface area (Å²) in [4.78, 5) is 18.8. The molecule has 2 aromatic heterocycles. The fourth-order valence-electron chi connectivity index (χ4n) is 1.33. The van der Waals surface area contributed by atoms with Crippen LogP contribution in [0.25, 0.3) is 0 Å². The predicted molar refractivity (Wildman–Crippen MR) is 66.4 cm³/mol. The van der Waals surface area contributed by atoms with Crippen LogP contribution in [0.1, 0.15) is 5.69 Å². The minimum absolute atomic E-state index is 0.0354. The summed E-state index contributed by atoms with van der Waals surface area (Å²) in [6, 6.07) is 0. The minimum Gasteiger partial charge on any atom is -0.481 e. The van der Waals surface area contributed by atoms with E-state index in [1.807, 2.05) is 21.7 Å². The number of carbonyl (C=O) groups is 1. The molecule has 0 aliphatic rings. The zero-order chi connectivity index (χ0) is 12.1. The molecule has 0 saturated carbocycles. The summed E-state index contributed by atoms with van der Waals surface area (Å²) in [5.41, 5.74) is 2.86. The van der Waals surface area contributed by atoms with E-state index < -0.39 is 5.97 Å². The number of aryl methyl sites for hydroxylation is 2. The number of aliphatic carboxylic acids is 1. The highest BCUT2D eigenvalue weighted by atomic mass is 32.2. The number of thiazole rings is 1. The average molecular weight is 269 g/mol. The van der Waals surface area contributed by atoms with Crippen molar-refractivity contribution in [3.63, 3.8) is 0 Å². The van der Waals surface area contributed by atoms with Crippen LogP contribution in [0.15, 0.2) is 28.4 Å². The lowest BCUT2D eigenvalue weighted by molar-refractivity contribution is -0.133. The van der Waals surface area contributed by atoms with E-state index in [9.17, 15) is 4.79 Å². The van der Waals surface area contributed by atoms with Gasteiger partial charge in [-0.15, -0.1) is 11.3 Å². The van der Waals surface area contributed by atoms with Gasteiger partial charge in [0.05, 0.1) is 17.0 Å². The second-order valence-corrected chi connectivity index (χ2v) is 4.98. The molecule has 0 radical (unpaired) electrons. The van der Waals surface area contributed by atoms with Crippen molar-refractivity contribution in [2.24, 2.45) is 0 Å². The molecule has 0 amide bonds. The van der Waals surface area contributed by atoms with Gasteiger partial charge in [-0.05, 0) is 0 Å². The summed E-state index contributed by atoms with van der Waals surface area (Å²) in [5, 5.41) is 11.4. The molecule has 90 valence electrons. The van der Waals surface area contributed by atoms with Crippen molar-refractivity contribution < 1.29 is 9.90 Å². The Hall–Kier alpha value is -1.34. The fourth-order valence-corrected chi connectivity index (χ4v) is 2.63. The molecule has 17 heavy (non-hydrogen) atoms. The molecular formula is C10H11N3O2S2. The Morgan fingerprint density at radius 3 is 3.12 bits per heavy atom. The summed E-state index contributed by atoms with van der Waals surface area (Å²) in [6.45, 7) is 0.770. The van der Waals surface area contributed by atoms with Crippen molar-refractivity contribution >= 4 is 29.1 Å². The van der Waals surface area contributed by atoms with E-state index in [0.29, 0.717) is 0 Å². The van der Waals surface area contributed by atoms with Crippen molar-refractivity contribution in [1.82, 2.24) is 14.5 Å². The Bertz CT molecular complexity index is 481. The lowest BCUT2D eigenvalue weighted by Crippen LogP contribution is -2.04. The van der Waals surface area contributed by atoms with Crippen LogP contribution in [-0.4, -0.2) is 31.4 Å². The quantitative estimate of drug-likeness (QED) is 0.809. The van der Waals surface area contributed by atoms with Gasteiger partial charge in [-0.2, -0.15) is 0 Å². The summed E-state index contributed by atoms with van der Waals surface area (Å²) < 4.78 is 1.95. The standard InChI is InChI=1S/C10H11N3O2S2/c14-9(15)6-17-10-11-2-4-13(10)3-1-8-5-16-7-12-8/h2,4-5,7H,1,3,6H2,(H,14,15). The first-order valence-electron chi connectivity index (χ1n) is 4.98. The second-order valence-electron chi connectivity index (χ2n) is 3.32. The highest BCUT2D eigenvalue weighted by molar-refractivity contribution is 7.99. The van der Waals surface area contributed by atoms with Crippen molar-refractivity contribution in [3.8, 4) is 0 Å². The van der Waals surface area contributed by atoms with E-state index in [0.717, 1.165) is 23.8 Å². The van der Waals surface area contributed by atoms with Crippen molar-refractivity contribution in [1.29, 1.82) is 0 Å². The van der Waals surface area contributed by atoms with E-state index in [1.165, 1.54) is 11.8 Å². The Labute approximate surface area is 107 Å². The molecule has 0 spiro atoms. The monoisotopic (exact) mass is 269 g/mol. The molecule has 0 aromatic carbocycles. The van der Waals surface area contributed by atoms with E-state index in [-0.39, 0.29) is 5.75 Å². The molecule has 2 rings (SSSR count). The van der Waals surface area contributed by atoms with Crippen LogP contribution in [0, 0.1) is 0 Å². The minimum atomic E-state index is -0.830. The van der Waals surface area contributed by atoms with Crippen LogP contribution in [0.5, 0.6) is 0 Å². The van der Waals surface area contributed by atoms with Crippen molar-refractivity contribution in [2.75, 3.05) is 5.75 Å². The van der Waals surface area contributed by atoms with Crippen LogP contribution in [0.4, 0.5) is 0 Å². The highest BCUT2D eigenvalue weighted by Crippen LogP contribution is 2.16. The maximum atomic E-state index is 10.5. The van der Waals surface area contributed by atoms with E-state index in [2.05, 4.69) is 9.97 Å². The molecule has 0 bridgehead atoms. The SMILES string of the molecule is O=C(O)CSc1nccn1CCc1cscn1. The number of nitrogens with zero attached hydrogens (tertiary/aromatic N) is 3. The third-order valence-electron chi connectivity index (χ3n) is 2.09. The number of hydrogen-bond acceptors (Lipinski definition) is 5. The Kier molecular flexibility index (Phi) is 4.16. The zero-order valence-corrected chi connectivity index (χ0v) is 10.6. The van der Waals surface area contributed by atoms with Crippen molar-refractivity contribution in [2.45, 2.75) is 18.1 Å². The van der Waals surface area contributed by atoms with Gasteiger partial charge in [-0.1, -0.05) is 11.8 Å². The van der Waals surface area contributed by atoms with Gasteiger partial charge in [-0.3, -0.25) is 4.79 Å². The van der Waals surface area contributed by atoms with E-state index in [4.69, 9.17) is 5.11 Å². The fraction of sp³-hybridized carbons (Fsp3) is 0.300. The Morgan fingerprint density at radius 1 is 1.53 bits per heavy atom. The van der Waals surface area contributed by atoms with Gasteiger partial charge in [-0.25, -0.2) is 9.97 Å². The highest BCUT2D eigenvalue weighted by Gasteiger charge is 2.06. The van der Waals surface area contributed by atoms with Crippen LogP contribution in [0.3, 0.4) is 0 Å². The molecule has 1 N–H and O–H groups in total. The van der Waals surface area contributed by atoms with E-state index >= 15 is 0 Å². The first kappa shape index (κ1) is 12.1. The largest absolute Gasteiger partial charge is 0.481 e. The first-order valence-corrected chi connectivity index (χ1v) is 6.91. The number of rotatable bonds is 6. The summed E-state index contributed by atoms with van der Waals surface area (Å²) in [5.74, 6) is -0.794. The molecule has 0 aliphatic carbocycles. The first-order chi connectivity index (χ1) is 8.25. The topological polar surface area (TPSA) is 68.0 Å². The number of carboxylic acids is 1. The van der Waals surface area contributed by atoms with Crippen molar-refractivity contribution in [3.05, 3.63) is 29.0 Å². The summed E-state index contributed by atoms with van der Waals surface area (Å²) in [6.07, 6.45) is 4.38. The maximum Gasteiger partial charge on any atom is 0.313 e. The van der Waals surface area contributed by atoms with Gasteiger partial charge in [0.1, 0.15) is 0 Å². The second kappa shape index (κ2) is 5.83. The number of aromatic nitrogens is 3. The third kappa shape index (κ3) is 3.57. The van der Waals surface area contributed by atoms with Gasteiger partial charge in [0.2, 0.25) is 0 Å². The molecule has 2 heterocycles. The van der Waals surface area contributed by atoms with Gasteiger partial charge in [0.25, 0.3) is 0 Å². The zero-order valence-electron chi connectivity index (χ0n) is 8.94. The smallest absolute Gasteiger partial charge is 0.313 e. The van der Waals surface area contributed by atoms with Gasteiger partial charge < -0.3 is 9.67 Å². The average Bonchev–Trinajstić information content (AvgIpc) is 2.95. The van der Waals surface area contributed by atoms with Crippen LogP contribution in [0.2, 0.25) is 0 Å². The molecule has 5 nitrogen and oxygen atoms in total. The van der Waals surface area contributed by atoms with Crippen LogP contribution < -0.4 is 0 Å². The normalized spacial score (nSPS) is 10.6. The number of carboxylic acid groups (broad SMARTS) is 1. The molecule has 0 atom stereocenters.